The van der Waals surface area contributed by atoms with Gasteiger partial charge in [0.05, 0.1) is 6.54 Å². The van der Waals surface area contributed by atoms with Gasteiger partial charge < -0.3 is 9.84 Å². The van der Waals surface area contributed by atoms with Gasteiger partial charge in [0, 0.05) is 10.5 Å². The van der Waals surface area contributed by atoms with Gasteiger partial charge in [0.1, 0.15) is 0 Å². The Bertz CT molecular complexity index is 580. The lowest BCUT2D eigenvalue weighted by Gasteiger charge is -2.06. The summed E-state index contributed by atoms with van der Waals surface area (Å²) in [7, 11) is 0. The molecule has 0 aliphatic heterocycles. The minimum absolute atomic E-state index is 0.181. The Morgan fingerprint density at radius 2 is 2.22 bits per heavy atom. The average Bonchev–Trinajstić information content (AvgIpc) is 2.75. The third kappa shape index (κ3) is 2.89. The zero-order chi connectivity index (χ0) is 13.1. The molecule has 0 saturated carbocycles. The molecule has 1 aromatic heterocycles. The van der Waals surface area contributed by atoms with E-state index in [0.717, 1.165) is 10.5 Å². The van der Waals surface area contributed by atoms with E-state index in [1.165, 1.54) is 0 Å². The first-order valence-corrected chi connectivity index (χ1v) is 5.88. The lowest BCUT2D eigenvalue weighted by molar-refractivity contribution is 0.0945. The second-order valence-corrected chi connectivity index (χ2v) is 4.43. The number of nitrogens with zero attached hydrogens (tertiary/aromatic N) is 2. The summed E-state index contributed by atoms with van der Waals surface area (Å²) < 4.78 is 4.91. The standard InChI is InChI=1S/C12H13N3O2S/c1-7-3-4-9(18)5-10(7)12(16)13-6-11-14-8(2)15-17-11/h3-5,18H,6H2,1-2H3,(H,13,16). The van der Waals surface area contributed by atoms with E-state index in [-0.39, 0.29) is 12.5 Å². The average molecular weight is 263 g/mol. The molecule has 6 heteroatoms. The molecular formula is C12H13N3O2S. The van der Waals surface area contributed by atoms with E-state index in [9.17, 15) is 4.79 Å². The van der Waals surface area contributed by atoms with E-state index in [2.05, 4.69) is 28.1 Å². The van der Waals surface area contributed by atoms with Crippen molar-refractivity contribution in [1.82, 2.24) is 15.5 Å². The third-order valence-corrected chi connectivity index (χ3v) is 2.71. The van der Waals surface area contributed by atoms with E-state index in [1.54, 1.807) is 13.0 Å². The van der Waals surface area contributed by atoms with Crippen LogP contribution in [0.2, 0.25) is 0 Å². The maximum absolute atomic E-state index is 12.0. The first-order chi connectivity index (χ1) is 8.56. The maximum atomic E-state index is 12.0. The van der Waals surface area contributed by atoms with Crippen molar-refractivity contribution in [2.75, 3.05) is 0 Å². The number of nitrogens with one attached hydrogen (secondary N) is 1. The molecule has 0 bridgehead atoms. The number of thiol groups is 1. The van der Waals surface area contributed by atoms with Crippen LogP contribution in [0.4, 0.5) is 0 Å². The van der Waals surface area contributed by atoms with Crippen LogP contribution in [0.1, 0.15) is 27.6 Å². The molecule has 1 heterocycles. The fourth-order valence-corrected chi connectivity index (χ4v) is 1.72. The monoisotopic (exact) mass is 263 g/mol. The van der Waals surface area contributed by atoms with Crippen LogP contribution in [0.15, 0.2) is 27.6 Å². The fraction of sp³-hybridized carbons (Fsp3) is 0.250. The molecule has 0 unspecified atom stereocenters. The highest BCUT2D eigenvalue weighted by atomic mass is 32.1. The first-order valence-electron chi connectivity index (χ1n) is 5.43. The molecule has 1 amide bonds. The highest BCUT2D eigenvalue weighted by molar-refractivity contribution is 7.80. The van der Waals surface area contributed by atoms with Crippen molar-refractivity contribution in [3.8, 4) is 0 Å². The normalized spacial score (nSPS) is 10.4. The van der Waals surface area contributed by atoms with Crippen LogP contribution in [0.25, 0.3) is 0 Å². The molecule has 94 valence electrons. The zero-order valence-corrected chi connectivity index (χ0v) is 11.0. The van der Waals surface area contributed by atoms with Gasteiger partial charge in [-0.3, -0.25) is 4.79 Å². The van der Waals surface area contributed by atoms with E-state index in [1.807, 2.05) is 19.1 Å². The maximum Gasteiger partial charge on any atom is 0.252 e. The summed E-state index contributed by atoms with van der Waals surface area (Å²) in [6.45, 7) is 3.82. The highest BCUT2D eigenvalue weighted by Crippen LogP contribution is 2.14. The molecule has 0 saturated heterocycles. The predicted molar refractivity (Wildman–Crippen MR) is 68.6 cm³/mol. The van der Waals surface area contributed by atoms with Crippen LogP contribution in [0, 0.1) is 13.8 Å². The van der Waals surface area contributed by atoms with Crippen LogP contribution < -0.4 is 5.32 Å². The lowest BCUT2D eigenvalue weighted by atomic mass is 10.1. The van der Waals surface area contributed by atoms with Crippen molar-refractivity contribution in [3.63, 3.8) is 0 Å². The van der Waals surface area contributed by atoms with Crippen molar-refractivity contribution < 1.29 is 9.32 Å². The Hall–Kier alpha value is -1.82. The molecule has 1 N–H and O–H groups in total. The quantitative estimate of drug-likeness (QED) is 0.830. The fourth-order valence-electron chi connectivity index (χ4n) is 1.52. The molecule has 0 spiro atoms. The summed E-state index contributed by atoms with van der Waals surface area (Å²) >= 11 is 4.22. The van der Waals surface area contributed by atoms with Crippen LogP contribution in [-0.4, -0.2) is 16.0 Å². The van der Waals surface area contributed by atoms with Gasteiger partial charge in [-0.25, -0.2) is 0 Å². The van der Waals surface area contributed by atoms with Crippen LogP contribution >= 0.6 is 12.6 Å². The number of carbonyl (C=O) groups excluding carboxylic acids is 1. The van der Waals surface area contributed by atoms with Gasteiger partial charge in [0.2, 0.25) is 5.89 Å². The summed E-state index contributed by atoms with van der Waals surface area (Å²) in [6.07, 6.45) is 0. The summed E-state index contributed by atoms with van der Waals surface area (Å²) in [4.78, 5) is 16.7. The largest absolute Gasteiger partial charge is 0.343 e. The van der Waals surface area contributed by atoms with Gasteiger partial charge in [-0.2, -0.15) is 4.98 Å². The number of aromatic nitrogens is 2. The van der Waals surface area contributed by atoms with Gasteiger partial charge in [0.25, 0.3) is 5.91 Å². The molecule has 2 aromatic rings. The van der Waals surface area contributed by atoms with E-state index >= 15 is 0 Å². The minimum atomic E-state index is -0.181. The lowest BCUT2D eigenvalue weighted by Crippen LogP contribution is -2.23. The molecule has 0 aliphatic rings. The van der Waals surface area contributed by atoms with Crippen molar-refractivity contribution >= 4 is 18.5 Å². The molecule has 0 radical (unpaired) electrons. The summed E-state index contributed by atoms with van der Waals surface area (Å²) in [5.41, 5.74) is 1.49. The first kappa shape index (κ1) is 12.6. The van der Waals surface area contributed by atoms with Crippen LogP contribution in [-0.2, 0) is 6.54 Å². The number of hydrogen-bond donors (Lipinski definition) is 2. The number of hydrogen-bond acceptors (Lipinski definition) is 5. The molecule has 1 aromatic carbocycles. The Labute approximate surface area is 110 Å². The van der Waals surface area contributed by atoms with Crippen LogP contribution in [0.3, 0.4) is 0 Å². The second kappa shape index (κ2) is 5.22. The number of amides is 1. The van der Waals surface area contributed by atoms with Crippen molar-refractivity contribution in [2.45, 2.75) is 25.3 Å². The van der Waals surface area contributed by atoms with Gasteiger partial charge in [-0.15, -0.1) is 12.6 Å². The smallest absolute Gasteiger partial charge is 0.252 e. The van der Waals surface area contributed by atoms with Crippen molar-refractivity contribution in [1.29, 1.82) is 0 Å². The van der Waals surface area contributed by atoms with Gasteiger partial charge in [-0.1, -0.05) is 11.2 Å². The Morgan fingerprint density at radius 1 is 1.44 bits per heavy atom. The molecule has 0 fully saturated rings. The Kier molecular flexibility index (Phi) is 3.66. The predicted octanol–water partition coefficient (Wildman–Crippen LogP) is 1.91. The van der Waals surface area contributed by atoms with Crippen LogP contribution in [0.5, 0.6) is 0 Å². The summed E-state index contributed by atoms with van der Waals surface area (Å²) in [5, 5.41) is 6.38. The highest BCUT2D eigenvalue weighted by Gasteiger charge is 2.10. The SMILES string of the molecule is Cc1noc(CNC(=O)c2cc(S)ccc2C)n1. The van der Waals surface area contributed by atoms with Gasteiger partial charge >= 0.3 is 0 Å². The van der Waals surface area contributed by atoms with Gasteiger partial charge in [0.15, 0.2) is 5.82 Å². The second-order valence-electron chi connectivity index (χ2n) is 3.92. The van der Waals surface area contributed by atoms with E-state index < -0.39 is 0 Å². The molecule has 2 rings (SSSR count). The minimum Gasteiger partial charge on any atom is -0.343 e. The third-order valence-electron chi connectivity index (χ3n) is 2.44. The van der Waals surface area contributed by atoms with E-state index in [0.29, 0.717) is 17.3 Å². The Balaban J connectivity index is 2.05. The molecule has 5 nitrogen and oxygen atoms in total. The number of rotatable bonds is 3. The summed E-state index contributed by atoms with van der Waals surface area (Å²) in [5.74, 6) is 0.757. The van der Waals surface area contributed by atoms with Gasteiger partial charge in [-0.05, 0) is 31.5 Å². The number of carbonyl (C=O) groups is 1. The Morgan fingerprint density at radius 3 is 2.89 bits per heavy atom. The van der Waals surface area contributed by atoms with E-state index in [4.69, 9.17) is 4.52 Å². The molecule has 18 heavy (non-hydrogen) atoms. The molecular weight excluding hydrogens is 250 g/mol. The molecule has 0 atom stereocenters. The summed E-state index contributed by atoms with van der Waals surface area (Å²) in [6, 6.07) is 5.43. The topological polar surface area (TPSA) is 68.0 Å². The van der Waals surface area contributed by atoms with Crippen molar-refractivity contribution in [2.24, 2.45) is 0 Å². The number of benzene rings is 1. The zero-order valence-electron chi connectivity index (χ0n) is 10.1. The van der Waals surface area contributed by atoms with Crippen molar-refractivity contribution in [3.05, 3.63) is 41.0 Å². The number of aryl methyl sites for hydroxylation is 2. The molecule has 0 aliphatic carbocycles.